The lowest BCUT2D eigenvalue weighted by atomic mass is 10.2. The Balaban J connectivity index is 1.52. The van der Waals surface area contributed by atoms with E-state index >= 15 is 0 Å². The van der Waals surface area contributed by atoms with Crippen LogP contribution in [0, 0.1) is 0 Å². The number of carbonyl (C=O) groups excluding carboxylic acids is 3. The summed E-state index contributed by atoms with van der Waals surface area (Å²) in [5.41, 5.74) is 0.569. The summed E-state index contributed by atoms with van der Waals surface area (Å²) in [6.07, 6.45) is 0.0144. The zero-order chi connectivity index (χ0) is 17.8. The molecule has 1 aromatic rings. The van der Waals surface area contributed by atoms with Crippen LogP contribution in [-0.2, 0) is 19.1 Å². The lowest BCUT2D eigenvalue weighted by molar-refractivity contribution is -0.146. The molecule has 2 heterocycles. The van der Waals surface area contributed by atoms with Gasteiger partial charge < -0.3 is 24.8 Å². The van der Waals surface area contributed by atoms with Crippen LogP contribution in [0.25, 0.3) is 0 Å². The van der Waals surface area contributed by atoms with Crippen LogP contribution in [0.3, 0.4) is 0 Å². The van der Waals surface area contributed by atoms with Crippen molar-refractivity contribution in [3.8, 4) is 11.5 Å². The second-order valence-electron chi connectivity index (χ2n) is 5.46. The molecule has 1 aromatic carbocycles. The average Bonchev–Trinajstić information content (AvgIpc) is 3.04. The van der Waals surface area contributed by atoms with Gasteiger partial charge in [-0.15, -0.1) is 11.8 Å². The zero-order valence-corrected chi connectivity index (χ0v) is 14.4. The SMILES string of the molecule is CCOC(=O)[C@@H]1CS[C@@H](CC(=O)Nc2ccc3c(c2)OCO3)C(=O)N1. The van der Waals surface area contributed by atoms with Gasteiger partial charge in [0.05, 0.1) is 11.9 Å². The Morgan fingerprint density at radius 1 is 1.36 bits per heavy atom. The molecule has 0 saturated carbocycles. The zero-order valence-electron chi connectivity index (χ0n) is 13.6. The first kappa shape index (κ1) is 17.4. The van der Waals surface area contributed by atoms with Gasteiger partial charge in [-0.05, 0) is 19.1 Å². The van der Waals surface area contributed by atoms with Crippen LogP contribution in [-0.4, -0.2) is 48.2 Å². The van der Waals surface area contributed by atoms with Crippen LogP contribution in [0.5, 0.6) is 11.5 Å². The number of esters is 1. The highest BCUT2D eigenvalue weighted by molar-refractivity contribution is 8.00. The molecule has 0 aliphatic carbocycles. The van der Waals surface area contributed by atoms with E-state index in [1.54, 1.807) is 25.1 Å². The van der Waals surface area contributed by atoms with Crippen molar-refractivity contribution in [2.24, 2.45) is 0 Å². The van der Waals surface area contributed by atoms with Crippen molar-refractivity contribution < 1.29 is 28.6 Å². The Morgan fingerprint density at radius 3 is 2.92 bits per heavy atom. The highest BCUT2D eigenvalue weighted by atomic mass is 32.2. The van der Waals surface area contributed by atoms with Gasteiger partial charge in [0.1, 0.15) is 6.04 Å². The van der Waals surface area contributed by atoms with Crippen LogP contribution in [0.1, 0.15) is 13.3 Å². The third-order valence-electron chi connectivity index (χ3n) is 3.67. The number of nitrogens with one attached hydrogen (secondary N) is 2. The topological polar surface area (TPSA) is 103 Å². The molecule has 0 radical (unpaired) electrons. The van der Waals surface area contributed by atoms with E-state index in [4.69, 9.17) is 14.2 Å². The van der Waals surface area contributed by atoms with Crippen molar-refractivity contribution in [2.75, 3.05) is 24.5 Å². The minimum absolute atomic E-state index is 0.0144. The van der Waals surface area contributed by atoms with Gasteiger partial charge in [-0.2, -0.15) is 0 Å². The van der Waals surface area contributed by atoms with Gasteiger partial charge in [0, 0.05) is 23.9 Å². The van der Waals surface area contributed by atoms with Crippen molar-refractivity contribution in [1.29, 1.82) is 0 Å². The lowest BCUT2D eigenvalue weighted by Crippen LogP contribution is -2.51. The fourth-order valence-corrected chi connectivity index (χ4v) is 3.60. The van der Waals surface area contributed by atoms with Crippen LogP contribution < -0.4 is 20.1 Å². The highest BCUT2D eigenvalue weighted by Crippen LogP contribution is 2.34. The smallest absolute Gasteiger partial charge is 0.329 e. The molecular weight excluding hydrogens is 348 g/mol. The summed E-state index contributed by atoms with van der Waals surface area (Å²) < 4.78 is 15.4. The number of ether oxygens (including phenoxy) is 3. The number of hydrogen-bond donors (Lipinski definition) is 2. The normalized spacial score (nSPS) is 21.4. The first-order valence-electron chi connectivity index (χ1n) is 7.85. The summed E-state index contributed by atoms with van der Waals surface area (Å²) in [4.78, 5) is 35.9. The summed E-state index contributed by atoms with van der Waals surface area (Å²) in [5, 5.41) is 4.80. The van der Waals surface area contributed by atoms with E-state index in [9.17, 15) is 14.4 Å². The number of amides is 2. The number of thioether (sulfide) groups is 1. The molecule has 2 amide bonds. The van der Waals surface area contributed by atoms with E-state index in [0.717, 1.165) is 0 Å². The summed E-state index contributed by atoms with van der Waals surface area (Å²) in [6.45, 7) is 2.13. The minimum Gasteiger partial charge on any atom is -0.464 e. The Hall–Kier alpha value is -2.42. The van der Waals surface area contributed by atoms with Crippen molar-refractivity contribution in [1.82, 2.24) is 5.32 Å². The number of carbonyl (C=O) groups is 3. The Labute approximate surface area is 148 Å². The van der Waals surface area contributed by atoms with E-state index in [0.29, 0.717) is 22.9 Å². The molecule has 2 aliphatic rings. The minimum atomic E-state index is -0.661. The second-order valence-corrected chi connectivity index (χ2v) is 6.69. The molecular formula is C16H18N2O6S. The van der Waals surface area contributed by atoms with Crippen LogP contribution in [0.15, 0.2) is 18.2 Å². The van der Waals surface area contributed by atoms with Gasteiger partial charge in [0.2, 0.25) is 18.6 Å². The third kappa shape index (κ3) is 4.16. The van der Waals surface area contributed by atoms with Crippen LogP contribution >= 0.6 is 11.8 Å². The van der Waals surface area contributed by atoms with Crippen molar-refractivity contribution in [3.63, 3.8) is 0 Å². The number of anilines is 1. The van der Waals surface area contributed by atoms with Crippen LogP contribution in [0.2, 0.25) is 0 Å². The molecule has 2 aliphatic heterocycles. The second kappa shape index (κ2) is 7.64. The molecule has 0 spiro atoms. The molecule has 2 N–H and O–H groups in total. The van der Waals surface area contributed by atoms with Gasteiger partial charge in [-0.1, -0.05) is 0 Å². The monoisotopic (exact) mass is 366 g/mol. The molecule has 8 nitrogen and oxygen atoms in total. The van der Waals surface area contributed by atoms with Crippen molar-refractivity contribution >= 4 is 35.2 Å². The Bertz CT molecular complexity index is 695. The summed E-state index contributed by atoms with van der Waals surface area (Å²) >= 11 is 1.27. The molecule has 0 bridgehead atoms. The molecule has 2 atom stereocenters. The largest absolute Gasteiger partial charge is 0.464 e. The van der Waals surface area contributed by atoms with E-state index < -0.39 is 17.3 Å². The number of rotatable bonds is 5. The van der Waals surface area contributed by atoms with Gasteiger partial charge >= 0.3 is 5.97 Å². The standard InChI is InChI=1S/C16H18N2O6S/c1-2-22-16(21)10-7-25-13(15(20)18-10)6-14(19)17-9-3-4-11-12(5-9)24-8-23-11/h3-5,10,13H,2,6-8H2,1H3,(H,17,19)(H,18,20)/t10-,13-/m0/s1. The maximum absolute atomic E-state index is 12.2. The van der Waals surface area contributed by atoms with Crippen LogP contribution in [0.4, 0.5) is 5.69 Å². The van der Waals surface area contributed by atoms with Crippen molar-refractivity contribution in [2.45, 2.75) is 24.6 Å². The molecule has 1 saturated heterocycles. The highest BCUT2D eigenvalue weighted by Gasteiger charge is 2.34. The molecule has 0 unspecified atom stereocenters. The molecule has 3 rings (SSSR count). The van der Waals surface area contributed by atoms with E-state index in [1.807, 2.05) is 0 Å². The van der Waals surface area contributed by atoms with Crippen molar-refractivity contribution in [3.05, 3.63) is 18.2 Å². The number of fused-ring (bicyclic) bond motifs is 1. The van der Waals surface area contributed by atoms with Gasteiger partial charge in [-0.25, -0.2) is 4.79 Å². The Morgan fingerprint density at radius 2 is 2.16 bits per heavy atom. The maximum Gasteiger partial charge on any atom is 0.329 e. The van der Waals surface area contributed by atoms with E-state index in [-0.39, 0.29) is 31.6 Å². The number of benzene rings is 1. The Kier molecular flexibility index (Phi) is 5.32. The fourth-order valence-electron chi connectivity index (χ4n) is 2.47. The van der Waals surface area contributed by atoms with Gasteiger partial charge in [0.15, 0.2) is 11.5 Å². The van der Waals surface area contributed by atoms with E-state index in [2.05, 4.69) is 10.6 Å². The molecule has 25 heavy (non-hydrogen) atoms. The first-order chi connectivity index (χ1) is 12.1. The molecule has 1 fully saturated rings. The lowest BCUT2D eigenvalue weighted by Gasteiger charge is -2.27. The maximum atomic E-state index is 12.2. The van der Waals surface area contributed by atoms with Gasteiger partial charge in [0.25, 0.3) is 0 Å². The fraction of sp³-hybridized carbons (Fsp3) is 0.438. The number of hydrogen-bond acceptors (Lipinski definition) is 7. The van der Waals surface area contributed by atoms with E-state index in [1.165, 1.54) is 11.8 Å². The predicted octanol–water partition coefficient (Wildman–Crippen LogP) is 0.907. The average molecular weight is 366 g/mol. The predicted molar refractivity (Wildman–Crippen MR) is 90.6 cm³/mol. The summed E-state index contributed by atoms with van der Waals surface area (Å²) in [7, 11) is 0. The quantitative estimate of drug-likeness (QED) is 0.747. The van der Waals surface area contributed by atoms with Gasteiger partial charge in [-0.3, -0.25) is 9.59 Å². The summed E-state index contributed by atoms with van der Waals surface area (Å²) in [5.74, 6) is 0.500. The summed E-state index contributed by atoms with van der Waals surface area (Å²) in [6, 6.07) is 4.43. The molecule has 9 heteroatoms. The molecule has 134 valence electrons. The molecule has 0 aromatic heterocycles. The third-order valence-corrected chi connectivity index (χ3v) is 4.98. The first-order valence-corrected chi connectivity index (χ1v) is 8.90.